The van der Waals surface area contributed by atoms with Crippen LogP contribution in [0.25, 0.3) is 0 Å². The van der Waals surface area contributed by atoms with Crippen LogP contribution in [-0.2, 0) is 17.0 Å². The summed E-state index contributed by atoms with van der Waals surface area (Å²) in [6, 6.07) is 1.41. The Morgan fingerprint density at radius 1 is 1.43 bits per heavy atom. The van der Waals surface area contributed by atoms with Crippen LogP contribution >= 0.6 is 11.8 Å². The van der Waals surface area contributed by atoms with E-state index in [9.17, 15) is 22.8 Å². The molecule has 0 radical (unpaired) electrons. The number of carbonyl (C=O) groups excluding carboxylic acids is 1. The fraction of sp³-hybridized carbons (Fsp3) is 0.643. The molecule has 2 rings (SSSR count). The Morgan fingerprint density at radius 3 is 2.83 bits per heavy atom. The van der Waals surface area contributed by atoms with Crippen molar-refractivity contribution in [3.63, 3.8) is 0 Å². The summed E-state index contributed by atoms with van der Waals surface area (Å²) in [7, 11) is 0. The van der Waals surface area contributed by atoms with Crippen LogP contribution in [0, 0.1) is 0 Å². The zero-order chi connectivity index (χ0) is 17.0. The molecule has 1 amide bonds. The molecule has 0 unspecified atom stereocenters. The van der Waals surface area contributed by atoms with Crippen LogP contribution in [-0.4, -0.2) is 45.3 Å². The van der Waals surface area contributed by atoms with Gasteiger partial charge < -0.3 is 9.88 Å². The van der Waals surface area contributed by atoms with E-state index in [2.05, 4.69) is 9.97 Å². The van der Waals surface area contributed by atoms with Gasteiger partial charge >= 0.3 is 6.18 Å². The second-order valence-corrected chi connectivity index (χ2v) is 6.54. The average Bonchev–Trinajstić information content (AvgIpc) is 2.46. The summed E-state index contributed by atoms with van der Waals surface area (Å²) >= 11 is 1.23. The van der Waals surface area contributed by atoms with Crippen molar-refractivity contribution in [2.75, 3.05) is 13.1 Å². The number of hydrogen-bond acceptors (Lipinski definition) is 4. The second-order valence-electron chi connectivity index (χ2n) is 5.35. The van der Waals surface area contributed by atoms with Crippen molar-refractivity contribution in [2.45, 2.75) is 43.4 Å². The van der Waals surface area contributed by atoms with Gasteiger partial charge in [-0.1, -0.05) is 6.92 Å². The number of hydrogen-bond donors (Lipinski definition) is 1. The molecule has 23 heavy (non-hydrogen) atoms. The third-order valence-corrected chi connectivity index (χ3v) is 4.76. The molecule has 128 valence electrons. The molecular weight excluding hydrogens is 331 g/mol. The predicted molar refractivity (Wildman–Crippen MR) is 81.2 cm³/mol. The standard InChI is InChI=1S/C14H18F3N3O2S/c1-2-9-6-12(21)19-11(18-9)7-23-10-4-3-5-20(13(10)22)8-14(15,16)17/h6,10H,2-5,7-8H2,1H3,(H,18,19,21)/t10-/m0/s1. The van der Waals surface area contributed by atoms with Crippen molar-refractivity contribution in [3.8, 4) is 0 Å². The van der Waals surface area contributed by atoms with Gasteiger partial charge in [0, 0.05) is 18.3 Å². The van der Waals surface area contributed by atoms with E-state index in [4.69, 9.17) is 0 Å². The van der Waals surface area contributed by atoms with Crippen LogP contribution in [0.4, 0.5) is 13.2 Å². The number of carbonyl (C=O) groups is 1. The van der Waals surface area contributed by atoms with Gasteiger partial charge in [-0.2, -0.15) is 13.2 Å². The van der Waals surface area contributed by atoms with Crippen LogP contribution in [0.2, 0.25) is 0 Å². The minimum absolute atomic E-state index is 0.135. The number of thioether (sulfide) groups is 1. The molecule has 0 aliphatic carbocycles. The van der Waals surface area contributed by atoms with E-state index in [0.29, 0.717) is 36.5 Å². The van der Waals surface area contributed by atoms with Crippen molar-refractivity contribution in [1.82, 2.24) is 14.9 Å². The summed E-state index contributed by atoms with van der Waals surface area (Å²) in [4.78, 5) is 31.3. The number of aryl methyl sites for hydroxylation is 1. The van der Waals surface area contributed by atoms with Gasteiger partial charge in [0.15, 0.2) is 0 Å². The molecule has 0 bridgehead atoms. The normalized spacial score (nSPS) is 19.2. The molecule has 9 heteroatoms. The van der Waals surface area contributed by atoms with E-state index in [1.165, 1.54) is 17.8 Å². The van der Waals surface area contributed by atoms with Crippen molar-refractivity contribution in [2.24, 2.45) is 0 Å². The molecule has 2 heterocycles. The Bertz CT molecular complexity index is 618. The first-order chi connectivity index (χ1) is 10.8. The molecule has 1 aromatic rings. The quantitative estimate of drug-likeness (QED) is 0.884. The molecule has 0 saturated carbocycles. The molecule has 0 spiro atoms. The lowest BCUT2D eigenvalue weighted by atomic mass is 10.1. The number of halogens is 3. The Balaban J connectivity index is 1.98. The highest BCUT2D eigenvalue weighted by Crippen LogP contribution is 2.28. The average molecular weight is 349 g/mol. The maximum absolute atomic E-state index is 12.5. The van der Waals surface area contributed by atoms with Crippen LogP contribution in [0.15, 0.2) is 10.9 Å². The van der Waals surface area contributed by atoms with E-state index in [1.807, 2.05) is 6.92 Å². The van der Waals surface area contributed by atoms with Gasteiger partial charge in [-0.3, -0.25) is 9.59 Å². The van der Waals surface area contributed by atoms with Gasteiger partial charge in [0.2, 0.25) is 5.91 Å². The number of likely N-dealkylation sites (tertiary alicyclic amines) is 1. The maximum Gasteiger partial charge on any atom is 0.406 e. The minimum atomic E-state index is -4.38. The topological polar surface area (TPSA) is 66.1 Å². The van der Waals surface area contributed by atoms with E-state index in [0.717, 1.165) is 4.90 Å². The second kappa shape index (κ2) is 7.37. The maximum atomic E-state index is 12.5. The molecule has 1 fully saturated rings. The van der Waals surface area contributed by atoms with Crippen LogP contribution in [0.3, 0.4) is 0 Å². The number of nitrogens with one attached hydrogen (secondary N) is 1. The smallest absolute Gasteiger partial charge is 0.333 e. The summed E-state index contributed by atoms with van der Waals surface area (Å²) in [6.07, 6.45) is -2.69. The number of nitrogens with zero attached hydrogens (tertiary/aromatic N) is 2. The van der Waals surface area contributed by atoms with Crippen molar-refractivity contribution in [3.05, 3.63) is 27.9 Å². The van der Waals surface area contributed by atoms with Crippen molar-refractivity contribution < 1.29 is 18.0 Å². The molecule has 1 aliphatic rings. The lowest BCUT2D eigenvalue weighted by Gasteiger charge is -2.32. The first-order valence-corrected chi connectivity index (χ1v) is 8.39. The van der Waals surface area contributed by atoms with Crippen molar-refractivity contribution in [1.29, 1.82) is 0 Å². The van der Waals surface area contributed by atoms with E-state index >= 15 is 0 Å². The molecule has 1 atom stereocenters. The fourth-order valence-corrected chi connectivity index (χ4v) is 3.55. The Morgan fingerprint density at radius 2 is 2.17 bits per heavy atom. The monoisotopic (exact) mass is 349 g/mol. The largest absolute Gasteiger partial charge is 0.406 e. The minimum Gasteiger partial charge on any atom is -0.333 e. The number of aromatic amines is 1. The van der Waals surface area contributed by atoms with E-state index in [1.54, 1.807) is 0 Å². The van der Waals surface area contributed by atoms with E-state index < -0.39 is 23.9 Å². The number of H-pyrrole nitrogens is 1. The summed E-state index contributed by atoms with van der Waals surface area (Å²) in [5.41, 5.74) is 0.388. The highest BCUT2D eigenvalue weighted by atomic mass is 32.2. The highest BCUT2D eigenvalue weighted by Gasteiger charge is 2.37. The number of piperidine rings is 1. The fourth-order valence-electron chi connectivity index (χ4n) is 2.43. The molecule has 1 aliphatic heterocycles. The van der Waals surface area contributed by atoms with Gasteiger partial charge in [-0.15, -0.1) is 11.8 Å². The van der Waals surface area contributed by atoms with Gasteiger partial charge in [0.25, 0.3) is 5.56 Å². The number of aromatic nitrogens is 2. The SMILES string of the molecule is CCc1cc(=O)[nH]c(CS[C@H]2CCCN(CC(F)(F)F)C2=O)n1. The number of rotatable bonds is 5. The van der Waals surface area contributed by atoms with Gasteiger partial charge in [-0.05, 0) is 19.3 Å². The zero-order valence-corrected chi connectivity index (χ0v) is 13.5. The summed E-state index contributed by atoms with van der Waals surface area (Å²) in [6.45, 7) is 0.803. The van der Waals surface area contributed by atoms with Gasteiger partial charge in [0.05, 0.1) is 11.0 Å². The highest BCUT2D eigenvalue weighted by molar-refractivity contribution is 7.99. The van der Waals surface area contributed by atoms with Crippen molar-refractivity contribution >= 4 is 17.7 Å². The number of amides is 1. The Labute approximate surface area is 135 Å². The molecule has 0 aromatic carbocycles. The van der Waals surface area contributed by atoms with Gasteiger partial charge in [-0.25, -0.2) is 4.98 Å². The van der Waals surface area contributed by atoms with Crippen LogP contribution in [0.1, 0.15) is 31.3 Å². The van der Waals surface area contributed by atoms with E-state index in [-0.39, 0.29) is 12.1 Å². The predicted octanol–water partition coefficient (Wildman–Crippen LogP) is 2.12. The third kappa shape index (κ3) is 5.26. The summed E-state index contributed by atoms with van der Waals surface area (Å²) in [5, 5.41) is -0.526. The van der Waals surface area contributed by atoms with Crippen LogP contribution in [0.5, 0.6) is 0 Å². The number of alkyl halides is 3. The van der Waals surface area contributed by atoms with Crippen LogP contribution < -0.4 is 5.56 Å². The zero-order valence-electron chi connectivity index (χ0n) is 12.7. The lowest BCUT2D eigenvalue weighted by molar-refractivity contribution is -0.162. The third-order valence-electron chi connectivity index (χ3n) is 3.48. The molecule has 1 aromatic heterocycles. The Hall–Kier alpha value is -1.51. The summed E-state index contributed by atoms with van der Waals surface area (Å²) in [5.74, 6) is 0.243. The molecule has 1 N–H and O–H groups in total. The molecular formula is C14H18F3N3O2S. The lowest BCUT2D eigenvalue weighted by Crippen LogP contribution is -2.47. The molecule has 5 nitrogen and oxygen atoms in total. The van der Waals surface area contributed by atoms with Gasteiger partial charge in [0.1, 0.15) is 12.4 Å². The molecule has 1 saturated heterocycles. The summed E-state index contributed by atoms with van der Waals surface area (Å²) < 4.78 is 37.4. The first kappa shape index (κ1) is 17.8. The Kier molecular flexibility index (Phi) is 5.72. The first-order valence-electron chi connectivity index (χ1n) is 7.34.